The molecule has 0 atom stereocenters. The van der Waals surface area contributed by atoms with Gasteiger partial charge in [0.05, 0.1) is 11.5 Å². The second-order valence-corrected chi connectivity index (χ2v) is 9.12. The van der Waals surface area contributed by atoms with Crippen molar-refractivity contribution in [1.82, 2.24) is 24.0 Å². The number of hydrogen-bond donors (Lipinski definition) is 0. The van der Waals surface area contributed by atoms with E-state index in [1.807, 2.05) is 41.8 Å². The van der Waals surface area contributed by atoms with Crippen LogP contribution in [0.3, 0.4) is 0 Å². The molecule has 3 rings (SSSR count). The van der Waals surface area contributed by atoms with Gasteiger partial charge in [0, 0.05) is 32.7 Å². The van der Waals surface area contributed by atoms with E-state index in [0.29, 0.717) is 26.2 Å². The van der Waals surface area contributed by atoms with Crippen LogP contribution < -0.4 is 0 Å². The number of carbonyl (C=O) groups excluding carboxylic acids is 1. The third-order valence-corrected chi connectivity index (χ3v) is 7.24. The van der Waals surface area contributed by atoms with E-state index in [-0.39, 0.29) is 17.4 Å². The predicted molar refractivity (Wildman–Crippen MR) is 104 cm³/mol. The van der Waals surface area contributed by atoms with E-state index in [2.05, 4.69) is 10.2 Å². The van der Waals surface area contributed by atoms with Gasteiger partial charge >= 0.3 is 0 Å². The highest BCUT2D eigenvalue weighted by molar-refractivity contribution is 7.99. The summed E-state index contributed by atoms with van der Waals surface area (Å²) in [6.45, 7) is 4.22. The van der Waals surface area contributed by atoms with Gasteiger partial charge in [0.2, 0.25) is 15.9 Å². The van der Waals surface area contributed by atoms with Gasteiger partial charge in [-0.05, 0) is 12.5 Å². The fourth-order valence-corrected chi connectivity index (χ4v) is 5.28. The van der Waals surface area contributed by atoms with Gasteiger partial charge in [-0.25, -0.2) is 8.42 Å². The molecule has 1 aromatic heterocycles. The first-order valence-electron chi connectivity index (χ1n) is 8.79. The Balaban J connectivity index is 1.50. The first-order valence-corrected chi connectivity index (χ1v) is 11.4. The maximum absolute atomic E-state index is 12.6. The number of sulfonamides is 1. The van der Waals surface area contributed by atoms with Crippen molar-refractivity contribution in [2.75, 3.05) is 31.9 Å². The molecule has 1 fully saturated rings. The highest BCUT2D eigenvalue weighted by Gasteiger charge is 2.29. The minimum absolute atomic E-state index is 0.00856. The Labute approximate surface area is 163 Å². The molecule has 27 heavy (non-hydrogen) atoms. The SMILES string of the molecule is CCn1cnnc1SCC(=O)N1CCN(S(=O)(=O)Cc2ccccc2)CC1. The number of aromatic nitrogens is 3. The second kappa shape index (κ2) is 8.85. The molecule has 8 nitrogen and oxygen atoms in total. The van der Waals surface area contributed by atoms with Crippen LogP contribution in [-0.4, -0.2) is 70.2 Å². The van der Waals surface area contributed by atoms with Crippen LogP contribution in [0.4, 0.5) is 0 Å². The zero-order valence-corrected chi connectivity index (χ0v) is 16.8. The topological polar surface area (TPSA) is 88.4 Å². The molecule has 1 saturated heterocycles. The summed E-state index contributed by atoms with van der Waals surface area (Å²) >= 11 is 1.35. The van der Waals surface area contributed by atoms with Crippen LogP contribution in [0.25, 0.3) is 0 Å². The molecule has 2 heterocycles. The van der Waals surface area contributed by atoms with Gasteiger partial charge in [-0.15, -0.1) is 10.2 Å². The predicted octanol–water partition coefficient (Wildman–Crippen LogP) is 1.06. The minimum atomic E-state index is -3.37. The molecule has 2 aromatic rings. The molecule has 1 aromatic carbocycles. The van der Waals surface area contributed by atoms with Crippen LogP contribution in [0.1, 0.15) is 12.5 Å². The largest absolute Gasteiger partial charge is 0.339 e. The molecule has 10 heteroatoms. The maximum Gasteiger partial charge on any atom is 0.233 e. The average molecular weight is 410 g/mol. The summed E-state index contributed by atoms with van der Waals surface area (Å²) in [5.41, 5.74) is 0.771. The average Bonchev–Trinajstić information content (AvgIpc) is 3.14. The van der Waals surface area contributed by atoms with E-state index < -0.39 is 10.0 Å². The Morgan fingerprint density at radius 1 is 1.15 bits per heavy atom. The van der Waals surface area contributed by atoms with E-state index in [1.54, 1.807) is 11.2 Å². The third-order valence-electron chi connectivity index (χ3n) is 4.42. The number of rotatable bonds is 7. The first kappa shape index (κ1) is 19.8. The molecule has 0 N–H and O–H groups in total. The molecule has 1 aliphatic rings. The van der Waals surface area contributed by atoms with Gasteiger partial charge in [-0.3, -0.25) is 4.79 Å². The molecule has 0 unspecified atom stereocenters. The molecular weight excluding hydrogens is 386 g/mol. The zero-order valence-electron chi connectivity index (χ0n) is 15.2. The highest BCUT2D eigenvalue weighted by Crippen LogP contribution is 2.17. The van der Waals surface area contributed by atoms with Gasteiger partial charge in [-0.1, -0.05) is 42.1 Å². The number of amides is 1. The Hall–Kier alpha value is -1.91. The smallest absolute Gasteiger partial charge is 0.233 e. The summed E-state index contributed by atoms with van der Waals surface area (Å²) in [5.74, 6) is 0.255. The van der Waals surface area contributed by atoms with Crippen molar-refractivity contribution in [1.29, 1.82) is 0 Å². The summed E-state index contributed by atoms with van der Waals surface area (Å²) in [5, 5.41) is 8.57. The van der Waals surface area contributed by atoms with Crippen molar-refractivity contribution in [2.45, 2.75) is 24.4 Å². The Kier molecular flexibility index (Phi) is 6.51. The standard InChI is InChI=1S/C17H23N5O3S2/c1-2-20-14-18-19-17(20)26-12-16(23)21-8-10-22(11-9-21)27(24,25)13-15-6-4-3-5-7-15/h3-7,14H,2,8-13H2,1H3. The number of hydrogen-bond acceptors (Lipinski definition) is 6. The molecule has 0 aliphatic carbocycles. The number of carbonyl (C=O) groups is 1. The number of benzene rings is 1. The van der Waals surface area contributed by atoms with E-state index in [4.69, 9.17) is 0 Å². The summed E-state index contributed by atoms with van der Waals surface area (Å²) in [6, 6.07) is 9.14. The molecule has 146 valence electrons. The Morgan fingerprint density at radius 2 is 1.85 bits per heavy atom. The molecule has 1 amide bonds. The van der Waals surface area contributed by atoms with Crippen molar-refractivity contribution >= 4 is 27.7 Å². The lowest BCUT2D eigenvalue weighted by Crippen LogP contribution is -2.51. The van der Waals surface area contributed by atoms with Crippen molar-refractivity contribution < 1.29 is 13.2 Å². The van der Waals surface area contributed by atoms with Crippen molar-refractivity contribution in [2.24, 2.45) is 0 Å². The molecule has 0 bridgehead atoms. The lowest BCUT2D eigenvalue weighted by atomic mass is 10.2. The van der Waals surface area contributed by atoms with Crippen LogP contribution in [-0.2, 0) is 27.1 Å². The fraction of sp³-hybridized carbons (Fsp3) is 0.471. The number of nitrogens with zero attached hydrogens (tertiary/aromatic N) is 5. The second-order valence-electron chi connectivity index (χ2n) is 6.21. The van der Waals surface area contributed by atoms with Gasteiger partial charge in [-0.2, -0.15) is 4.31 Å². The fourth-order valence-electron chi connectivity index (χ4n) is 2.88. The minimum Gasteiger partial charge on any atom is -0.339 e. The number of piperazine rings is 1. The summed E-state index contributed by atoms with van der Waals surface area (Å²) in [7, 11) is -3.37. The van der Waals surface area contributed by atoms with Crippen LogP contribution in [0.2, 0.25) is 0 Å². The quantitative estimate of drug-likeness (QED) is 0.636. The number of thioether (sulfide) groups is 1. The molecule has 0 radical (unpaired) electrons. The molecule has 1 aliphatic heterocycles. The van der Waals surface area contributed by atoms with Crippen molar-refractivity contribution in [3.05, 3.63) is 42.2 Å². The Morgan fingerprint density at radius 3 is 2.52 bits per heavy atom. The summed E-state index contributed by atoms with van der Waals surface area (Å²) in [6.07, 6.45) is 1.64. The third kappa shape index (κ3) is 5.08. The lowest BCUT2D eigenvalue weighted by molar-refractivity contribution is -0.129. The summed E-state index contributed by atoms with van der Waals surface area (Å²) in [4.78, 5) is 14.1. The van der Waals surface area contributed by atoms with Crippen LogP contribution >= 0.6 is 11.8 Å². The van der Waals surface area contributed by atoms with Crippen LogP contribution in [0, 0.1) is 0 Å². The first-order chi connectivity index (χ1) is 13.0. The Bertz CT molecular complexity index is 862. The normalized spacial score (nSPS) is 15.8. The van der Waals surface area contributed by atoms with E-state index in [9.17, 15) is 13.2 Å². The van der Waals surface area contributed by atoms with E-state index in [1.165, 1.54) is 16.1 Å². The van der Waals surface area contributed by atoms with Gasteiger partial charge in [0.15, 0.2) is 5.16 Å². The van der Waals surface area contributed by atoms with Crippen molar-refractivity contribution in [3.63, 3.8) is 0 Å². The number of aryl methyl sites for hydroxylation is 1. The van der Waals surface area contributed by atoms with Crippen LogP contribution in [0.15, 0.2) is 41.8 Å². The lowest BCUT2D eigenvalue weighted by Gasteiger charge is -2.34. The molecule has 0 spiro atoms. The maximum atomic E-state index is 12.6. The molecular formula is C17H23N5O3S2. The van der Waals surface area contributed by atoms with Gasteiger partial charge < -0.3 is 9.47 Å². The molecule has 0 saturated carbocycles. The van der Waals surface area contributed by atoms with Gasteiger partial charge in [0.1, 0.15) is 6.33 Å². The summed E-state index contributed by atoms with van der Waals surface area (Å²) < 4.78 is 28.5. The van der Waals surface area contributed by atoms with E-state index in [0.717, 1.165) is 17.3 Å². The van der Waals surface area contributed by atoms with Crippen molar-refractivity contribution in [3.8, 4) is 0 Å². The van der Waals surface area contributed by atoms with E-state index >= 15 is 0 Å². The highest BCUT2D eigenvalue weighted by atomic mass is 32.2. The van der Waals surface area contributed by atoms with Crippen LogP contribution in [0.5, 0.6) is 0 Å². The van der Waals surface area contributed by atoms with Gasteiger partial charge in [0.25, 0.3) is 0 Å². The zero-order chi connectivity index (χ0) is 19.3. The monoisotopic (exact) mass is 409 g/mol.